The second-order valence-electron chi connectivity index (χ2n) is 8.88. The molecule has 0 aromatic heterocycles. The number of urea groups is 1. The Labute approximate surface area is 199 Å². The minimum absolute atomic E-state index is 0.0633. The van der Waals surface area contributed by atoms with Crippen molar-refractivity contribution in [3.63, 3.8) is 0 Å². The van der Waals surface area contributed by atoms with E-state index in [-0.39, 0.29) is 24.2 Å². The molecule has 182 valence electrons. The first-order chi connectivity index (χ1) is 15.6. The third kappa shape index (κ3) is 6.86. The average Bonchev–Trinajstić information content (AvgIpc) is 2.74. The number of carboxylic acid groups (broad SMARTS) is 1. The van der Waals surface area contributed by atoms with Gasteiger partial charge in [0.25, 0.3) is 0 Å². The number of carboxylic acids is 1. The minimum atomic E-state index is -1.12. The number of thioether (sulfide) groups is 1. The number of rotatable bonds is 10. The molecule has 0 fully saturated rings. The summed E-state index contributed by atoms with van der Waals surface area (Å²) in [5, 5.41) is 17.6. The Kier molecular flexibility index (Phi) is 9.57. The molecule has 4 N–H and O–H groups in total. The second kappa shape index (κ2) is 11.9. The number of aliphatic carboxylic acids is 1. The van der Waals surface area contributed by atoms with Crippen LogP contribution in [0.1, 0.15) is 40.5 Å². The highest BCUT2D eigenvalue weighted by atomic mass is 32.2. The summed E-state index contributed by atoms with van der Waals surface area (Å²) in [6, 6.07) is 3.68. The first kappa shape index (κ1) is 26.5. The SMILES string of the molecule is CSCC[C@@H](NC(=O)[C@H](CC(C)C)NC(=O)N1c2ccccc2NC(=O)[C@@H]1C(C)C)C(=O)O. The fourth-order valence-corrected chi connectivity index (χ4v) is 4.26. The summed E-state index contributed by atoms with van der Waals surface area (Å²) < 4.78 is 0. The maximum absolute atomic E-state index is 13.4. The minimum Gasteiger partial charge on any atom is -0.480 e. The van der Waals surface area contributed by atoms with Crippen LogP contribution in [-0.4, -0.2) is 59.1 Å². The first-order valence-corrected chi connectivity index (χ1v) is 12.5. The van der Waals surface area contributed by atoms with Crippen LogP contribution in [0.25, 0.3) is 0 Å². The van der Waals surface area contributed by atoms with E-state index in [1.54, 1.807) is 24.3 Å². The van der Waals surface area contributed by atoms with E-state index >= 15 is 0 Å². The van der Waals surface area contributed by atoms with Crippen molar-refractivity contribution in [3.8, 4) is 0 Å². The van der Waals surface area contributed by atoms with E-state index in [2.05, 4.69) is 16.0 Å². The third-order valence-electron chi connectivity index (χ3n) is 5.37. The number of carbonyl (C=O) groups excluding carboxylic acids is 3. The molecule has 0 bridgehead atoms. The molecule has 0 radical (unpaired) electrons. The van der Waals surface area contributed by atoms with Gasteiger partial charge in [-0.1, -0.05) is 39.8 Å². The van der Waals surface area contributed by atoms with Crippen molar-refractivity contribution in [1.29, 1.82) is 0 Å². The molecule has 0 spiro atoms. The van der Waals surface area contributed by atoms with Crippen molar-refractivity contribution in [2.24, 2.45) is 11.8 Å². The third-order valence-corrected chi connectivity index (χ3v) is 6.01. The van der Waals surface area contributed by atoms with Crippen molar-refractivity contribution in [2.75, 3.05) is 22.2 Å². The van der Waals surface area contributed by atoms with Gasteiger partial charge in [0.15, 0.2) is 0 Å². The molecular formula is C23H34N4O5S. The predicted octanol–water partition coefficient (Wildman–Crippen LogP) is 2.92. The number of nitrogens with one attached hydrogen (secondary N) is 3. The molecule has 1 aliphatic heterocycles. The number of fused-ring (bicyclic) bond motifs is 1. The highest BCUT2D eigenvalue weighted by molar-refractivity contribution is 7.98. The second-order valence-corrected chi connectivity index (χ2v) is 9.86. The first-order valence-electron chi connectivity index (χ1n) is 11.1. The van der Waals surface area contributed by atoms with Crippen LogP contribution in [0.4, 0.5) is 16.2 Å². The summed E-state index contributed by atoms with van der Waals surface area (Å²) in [6.45, 7) is 7.52. The number of amides is 4. The Hall–Kier alpha value is -2.75. The molecular weight excluding hydrogens is 444 g/mol. The van der Waals surface area contributed by atoms with Crippen LogP contribution in [-0.2, 0) is 14.4 Å². The van der Waals surface area contributed by atoms with E-state index in [4.69, 9.17) is 0 Å². The zero-order chi connectivity index (χ0) is 24.7. The summed E-state index contributed by atoms with van der Waals surface area (Å²) in [7, 11) is 0. The smallest absolute Gasteiger partial charge is 0.326 e. The van der Waals surface area contributed by atoms with Crippen LogP contribution in [0.2, 0.25) is 0 Å². The normalized spacial score (nSPS) is 17.2. The molecule has 1 aromatic rings. The van der Waals surface area contributed by atoms with Crippen molar-refractivity contribution in [3.05, 3.63) is 24.3 Å². The number of hydrogen-bond acceptors (Lipinski definition) is 5. The molecule has 10 heteroatoms. The van der Waals surface area contributed by atoms with Crippen molar-refractivity contribution in [1.82, 2.24) is 10.6 Å². The summed E-state index contributed by atoms with van der Waals surface area (Å²) in [6.07, 6.45) is 2.46. The topological polar surface area (TPSA) is 128 Å². The van der Waals surface area contributed by atoms with Crippen LogP contribution in [0.3, 0.4) is 0 Å². The molecule has 2 rings (SSSR count). The summed E-state index contributed by atoms with van der Waals surface area (Å²) in [5.41, 5.74) is 1.06. The van der Waals surface area contributed by atoms with E-state index in [1.165, 1.54) is 16.7 Å². The van der Waals surface area contributed by atoms with Gasteiger partial charge < -0.3 is 21.1 Å². The molecule has 0 aliphatic carbocycles. The van der Waals surface area contributed by atoms with Crippen LogP contribution in [0, 0.1) is 11.8 Å². The Morgan fingerprint density at radius 2 is 1.79 bits per heavy atom. The van der Waals surface area contributed by atoms with Gasteiger partial charge in [-0.15, -0.1) is 0 Å². The predicted molar refractivity (Wildman–Crippen MR) is 131 cm³/mol. The number of hydrogen-bond donors (Lipinski definition) is 4. The van der Waals surface area contributed by atoms with Crippen LogP contribution < -0.4 is 20.9 Å². The monoisotopic (exact) mass is 478 g/mol. The Morgan fingerprint density at radius 1 is 1.12 bits per heavy atom. The fraction of sp³-hybridized carbons (Fsp3) is 0.565. The van der Waals surface area contributed by atoms with Gasteiger partial charge in [-0.25, -0.2) is 9.59 Å². The molecule has 3 atom stereocenters. The molecule has 1 heterocycles. The van der Waals surface area contributed by atoms with Crippen molar-refractivity contribution < 1.29 is 24.3 Å². The molecule has 9 nitrogen and oxygen atoms in total. The van der Waals surface area contributed by atoms with E-state index in [0.29, 0.717) is 23.5 Å². The number of benzene rings is 1. The lowest BCUT2D eigenvalue weighted by Gasteiger charge is -2.39. The maximum atomic E-state index is 13.4. The molecule has 4 amide bonds. The maximum Gasteiger partial charge on any atom is 0.326 e. The summed E-state index contributed by atoms with van der Waals surface area (Å²) >= 11 is 1.49. The highest BCUT2D eigenvalue weighted by Crippen LogP contribution is 2.34. The van der Waals surface area contributed by atoms with Gasteiger partial charge in [0.2, 0.25) is 11.8 Å². The lowest BCUT2D eigenvalue weighted by atomic mass is 9.97. The van der Waals surface area contributed by atoms with Crippen molar-refractivity contribution >= 4 is 47.0 Å². The number of anilines is 2. The van der Waals surface area contributed by atoms with Gasteiger partial charge in [-0.2, -0.15) is 11.8 Å². The van der Waals surface area contributed by atoms with Gasteiger partial charge in [-0.3, -0.25) is 14.5 Å². The zero-order valence-electron chi connectivity index (χ0n) is 19.8. The molecule has 1 aliphatic rings. The van der Waals surface area contributed by atoms with Crippen LogP contribution >= 0.6 is 11.8 Å². The van der Waals surface area contributed by atoms with Crippen LogP contribution in [0.5, 0.6) is 0 Å². The lowest BCUT2D eigenvalue weighted by Crippen LogP contribution is -2.60. The van der Waals surface area contributed by atoms with Gasteiger partial charge >= 0.3 is 12.0 Å². The quantitative estimate of drug-likeness (QED) is 0.409. The fourth-order valence-electron chi connectivity index (χ4n) is 3.79. The Morgan fingerprint density at radius 3 is 2.36 bits per heavy atom. The van der Waals surface area contributed by atoms with E-state index < -0.39 is 36.0 Å². The Balaban J connectivity index is 2.30. The standard InChI is InChI=1S/C23H34N4O5S/c1-13(2)12-17(20(28)25-16(22(30)31)10-11-33-5)26-23(32)27-18-9-7-6-8-15(18)24-21(29)19(27)14(3)4/h6-9,13-14,16-17,19H,10-12H2,1-5H3,(H,24,29)(H,25,28)(H,26,32)(H,30,31)/t16-,17+,19+/m1/s1. The van der Waals surface area contributed by atoms with Gasteiger partial charge in [0.05, 0.1) is 11.4 Å². The summed E-state index contributed by atoms with van der Waals surface area (Å²) in [5.74, 6) is -1.51. The lowest BCUT2D eigenvalue weighted by molar-refractivity contribution is -0.142. The average molecular weight is 479 g/mol. The van der Waals surface area contributed by atoms with Gasteiger partial charge in [0.1, 0.15) is 18.1 Å². The molecule has 0 unspecified atom stereocenters. The van der Waals surface area contributed by atoms with E-state index in [1.807, 2.05) is 34.0 Å². The summed E-state index contributed by atoms with van der Waals surface area (Å²) in [4.78, 5) is 52.2. The van der Waals surface area contributed by atoms with Gasteiger partial charge in [0, 0.05) is 0 Å². The van der Waals surface area contributed by atoms with Gasteiger partial charge in [-0.05, 0) is 48.8 Å². The van der Waals surface area contributed by atoms with Crippen molar-refractivity contribution in [2.45, 2.75) is 58.7 Å². The number of carbonyl (C=O) groups is 4. The number of nitrogens with zero attached hydrogens (tertiary/aromatic N) is 1. The largest absolute Gasteiger partial charge is 0.480 e. The molecule has 0 saturated heterocycles. The Bertz CT molecular complexity index is 876. The highest BCUT2D eigenvalue weighted by Gasteiger charge is 2.40. The zero-order valence-corrected chi connectivity index (χ0v) is 20.6. The number of para-hydroxylation sites is 2. The molecule has 1 aromatic carbocycles. The molecule has 33 heavy (non-hydrogen) atoms. The van der Waals surface area contributed by atoms with Crippen LogP contribution in [0.15, 0.2) is 24.3 Å². The van der Waals surface area contributed by atoms with E-state index in [9.17, 15) is 24.3 Å². The molecule has 0 saturated carbocycles. The van der Waals surface area contributed by atoms with E-state index in [0.717, 1.165) is 0 Å².